The predicted octanol–water partition coefficient (Wildman–Crippen LogP) is 5.02. The molecule has 0 saturated carbocycles. The van der Waals surface area contributed by atoms with Gasteiger partial charge in [0.2, 0.25) is 11.8 Å². The van der Waals surface area contributed by atoms with E-state index >= 15 is 0 Å². The number of pyridine rings is 1. The lowest BCUT2D eigenvalue weighted by molar-refractivity contribution is 0.122. The van der Waals surface area contributed by atoms with E-state index in [2.05, 4.69) is 67.6 Å². The van der Waals surface area contributed by atoms with Crippen LogP contribution in [0.5, 0.6) is 11.8 Å². The molecule has 2 aromatic carbocycles. The SMILES string of the molecule is Cc1c(C)c(O)n(Nc2cc(CN3CCN(Cc4ccccc4)CC3)c3ccc(Br)cc3n2)c1O. The van der Waals surface area contributed by atoms with Crippen LogP contribution in [0.1, 0.15) is 22.3 Å². The lowest BCUT2D eigenvalue weighted by Crippen LogP contribution is -2.45. The molecule has 0 amide bonds. The Bertz CT molecular complexity index is 1320. The van der Waals surface area contributed by atoms with Gasteiger partial charge in [0.15, 0.2) is 0 Å². The molecule has 3 heterocycles. The fourth-order valence-corrected chi connectivity index (χ4v) is 4.99. The molecule has 0 atom stereocenters. The number of fused-ring (bicyclic) bond motifs is 1. The normalized spacial score (nSPS) is 15.1. The van der Waals surface area contributed by atoms with Crippen molar-refractivity contribution < 1.29 is 10.2 Å². The summed E-state index contributed by atoms with van der Waals surface area (Å²) in [7, 11) is 0. The van der Waals surface area contributed by atoms with Crippen molar-refractivity contribution in [3.8, 4) is 11.8 Å². The Balaban J connectivity index is 1.36. The largest absolute Gasteiger partial charge is 0.493 e. The molecule has 0 spiro atoms. The molecule has 4 aromatic rings. The van der Waals surface area contributed by atoms with Crippen molar-refractivity contribution in [2.24, 2.45) is 0 Å². The summed E-state index contributed by atoms with van der Waals surface area (Å²) in [4.78, 5) is 9.73. The van der Waals surface area contributed by atoms with Gasteiger partial charge < -0.3 is 10.2 Å². The first-order valence-electron chi connectivity index (χ1n) is 11.8. The maximum absolute atomic E-state index is 10.5. The molecule has 1 aliphatic rings. The van der Waals surface area contributed by atoms with Crippen LogP contribution in [0.3, 0.4) is 0 Å². The summed E-state index contributed by atoms with van der Waals surface area (Å²) in [5.41, 5.74) is 7.71. The number of nitrogens with one attached hydrogen (secondary N) is 1. The van der Waals surface area contributed by atoms with Crippen molar-refractivity contribution in [3.63, 3.8) is 0 Å². The fourth-order valence-electron chi connectivity index (χ4n) is 4.64. The predicted molar refractivity (Wildman–Crippen MR) is 143 cm³/mol. The minimum atomic E-state index is -0.0211. The van der Waals surface area contributed by atoms with Gasteiger partial charge in [-0.15, -0.1) is 0 Å². The molecule has 0 aliphatic carbocycles. The highest BCUT2D eigenvalue weighted by Gasteiger charge is 2.20. The molecule has 0 bridgehead atoms. The van der Waals surface area contributed by atoms with Crippen LogP contribution >= 0.6 is 15.9 Å². The summed E-state index contributed by atoms with van der Waals surface area (Å²) >= 11 is 3.56. The zero-order chi connectivity index (χ0) is 24.5. The minimum Gasteiger partial charge on any atom is -0.493 e. The Hall–Kier alpha value is -3.07. The number of halogens is 1. The Labute approximate surface area is 213 Å². The first kappa shape index (κ1) is 23.7. The molecular formula is C27H30BrN5O2. The van der Waals surface area contributed by atoms with Crippen molar-refractivity contribution in [1.82, 2.24) is 19.5 Å². The van der Waals surface area contributed by atoms with Crippen LogP contribution in [-0.4, -0.2) is 55.9 Å². The Morgan fingerprint density at radius 1 is 0.857 bits per heavy atom. The molecule has 1 fully saturated rings. The minimum absolute atomic E-state index is 0.0211. The molecule has 35 heavy (non-hydrogen) atoms. The summed E-state index contributed by atoms with van der Waals surface area (Å²) in [5.74, 6) is 0.522. The highest BCUT2D eigenvalue weighted by Crippen LogP contribution is 2.33. The van der Waals surface area contributed by atoms with Gasteiger partial charge in [-0.3, -0.25) is 15.2 Å². The molecular weight excluding hydrogens is 506 g/mol. The maximum atomic E-state index is 10.5. The first-order chi connectivity index (χ1) is 16.9. The van der Waals surface area contributed by atoms with E-state index in [0.29, 0.717) is 16.9 Å². The van der Waals surface area contributed by atoms with Crippen molar-refractivity contribution >= 4 is 32.7 Å². The second kappa shape index (κ2) is 9.89. The molecule has 5 rings (SSSR count). The van der Waals surface area contributed by atoms with E-state index in [0.717, 1.165) is 60.2 Å². The van der Waals surface area contributed by atoms with Gasteiger partial charge in [-0.05, 0) is 43.2 Å². The van der Waals surface area contributed by atoms with Crippen LogP contribution in [-0.2, 0) is 13.1 Å². The van der Waals surface area contributed by atoms with E-state index in [1.807, 2.05) is 18.2 Å². The van der Waals surface area contributed by atoms with Crippen LogP contribution in [0.4, 0.5) is 5.82 Å². The van der Waals surface area contributed by atoms with Crippen LogP contribution < -0.4 is 5.43 Å². The molecule has 8 heteroatoms. The van der Waals surface area contributed by atoms with Gasteiger partial charge >= 0.3 is 0 Å². The highest BCUT2D eigenvalue weighted by atomic mass is 79.9. The molecule has 2 aromatic heterocycles. The van der Waals surface area contributed by atoms with Gasteiger partial charge in [0, 0.05) is 60.3 Å². The number of aromatic nitrogens is 2. The number of rotatable bonds is 6. The summed E-state index contributed by atoms with van der Waals surface area (Å²) in [5, 5.41) is 22.0. The molecule has 0 unspecified atom stereocenters. The Morgan fingerprint density at radius 2 is 1.49 bits per heavy atom. The average Bonchev–Trinajstić information content (AvgIpc) is 3.03. The van der Waals surface area contributed by atoms with E-state index in [4.69, 9.17) is 4.98 Å². The van der Waals surface area contributed by atoms with Crippen LogP contribution in [0.25, 0.3) is 10.9 Å². The highest BCUT2D eigenvalue weighted by molar-refractivity contribution is 9.10. The number of aromatic hydroxyl groups is 2. The third-order valence-corrected chi connectivity index (χ3v) is 7.34. The monoisotopic (exact) mass is 535 g/mol. The molecule has 1 aliphatic heterocycles. The number of hydrogen-bond acceptors (Lipinski definition) is 6. The lowest BCUT2D eigenvalue weighted by atomic mass is 10.1. The first-order valence-corrected chi connectivity index (χ1v) is 12.6. The summed E-state index contributed by atoms with van der Waals surface area (Å²) in [6.45, 7) is 9.37. The third kappa shape index (κ3) is 5.00. The van der Waals surface area contributed by atoms with E-state index in [9.17, 15) is 10.2 Å². The molecule has 0 radical (unpaired) electrons. The average molecular weight is 536 g/mol. The van der Waals surface area contributed by atoms with E-state index < -0.39 is 0 Å². The third-order valence-electron chi connectivity index (χ3n) is 6.85. The lowest BCUT2D eigenvalue weighted by Gasteiger charge is -2.35. The number of benzene rings is 2. The van der Waals surface area contributed by atoms with E-state index in [1.54, 1.807) is 13.8 Å². The summed E-state index contributed by atoms with van der Waals surface area (Å²) in [6.07, 6.45) is 0. The van der Waals surface area contributed by atoms with Crippen LogP contribution in [0.15, 0.2) is 59.1 Å². The van der Waals surface area contributed by atoms with Gasteiger partial charge in [-0.1, -0.05) is 52.3 Å². The second-order valence-corrected chi connectivity index (χ2v) is 10.1. The van der Waals surface area contributed by atoms with Crippen molar-refractivity contribution in [2.45, 2.75) is 26.9 Å². The van der Waals surface area contributed by atoms with Crippen LogP contribution in [0.2, 0.25) is 0 Å². The van der Waals surface area contributed by atoms with Gasteiger partial charge in [-0.2, -0.15) is 4.68 Å². The zero-order valence-electron chi connectivity index (χ0n) is 20.0. The quantitative estimate of drug-likeness (QED) is 0.321. The van der Waals surface area contributed by atoms with Gasteiger partial charge in [0.25, 0.3) is 0 Å². The zero-order valence-corrected chi connectivity index (χ0v) is 21.6. The topological polar surface area (TPSA) is 76.8 Å². The molecule has 182 valence electrons. The second-order valence-electron chi connectivity index (χ2n) is 9.21. The van der Waals surface area contributed by atoms with Crippen LogP contribution in [0, 0.1) is 13.8 Å². The van der Waals surface area contributed by atoms with Crippen molar-refractivity contribution in [3.05, 3.63) is 81.3 Å². The number of hydrogen-bond donors (Lipinski definition) is 3. The van der Waals surface area contributed by atoms with Gasteiger partial charge in [0.1, 0.15) is 5.82 Å². The Kier molecular flexibility index (Phi) is 6.69. The fraction of sp³-hybridized carbons (Fsp3) is 0.296. The molecule has 1 saturated heterocycles. The maximum Gasteiger partial charge on any atom is 0.216 e. The standard InChI is InChI=1S/C27H30BrN5O2/c1-18-19(2)27(35)33(26(18)34)30-25-14-21(23-9-8-22(28)15-24(23)29-25)17-32-12-10-31(11-13-32)16-20-6-4-3-5-7-20/h3-9,14-15,34-35H,10-13,16-17H2,1-2H3,(H,29,30). The van der Waals surface area contributed by atoms with E-state index in [-0.39, 0.29) is 11.8 Å². The number of anilines is 1. The van der Waals surface area contributed by atoms with Crippen molar-refractivity contribution in [1.29, 1.82) is 0 Å². The molecule has 3 N–H and O–H groups in total. The van der Waals surface area contributed by atoms with E-state index in [1.165, 1.54) is 10.2 Å². The van der Waals surface area contributed by atoms with Crippen molar-refractivity contribution in [2.75, 3.05) is 31.6 Å². The summed E-state index contributed by atoms with van der Waals surface area (Å²) < 4.78 is 2.23. The Morgan fingerprint density at radius 3 is 2.14 bits per heavy atom. The smallest absolute Gasteiger partial charge is 0.216 e. The summed E-state index contributed by atoms with van der Waals surface area (Å²) in [6, 6.07) is 18.8. The number of nitrogens with zero attached hydrogens (tertiary/aromatic N) is 4. The van der Waals surface area contributed by atoms with Gasteiger partial charge in [0.05, 0.1) is 5.52 Å². The molecule has 7 nitrogen and oxygen atoms in total. The number of piperazine rings is 1. The van der Waals surface area contributed by atoms with Gasteiger partial charge in [-0.25, -0.2) is 4.98 Å².